The lowest BCUT2D eigenvalue weighted by Crippen LogP contribution is -2.44. The summed E-state index contributed by atoms with van der Waals surface area (Å²) in [5.41, 5.74) is -0.441. The molecule has 0 aliphatic heterocycles. The maximum Gasteiger partial charge on any atom is 0.408 e. The standard InChI is InChI=1S/C18H23NO8/c1-18(2,3)27-17(25)19-14(11-7-5-4-6-8-11)15(16(23)24)26-13(22)10-9-12(20)21/h4-8,14-15H,9-10H2,1-3H3,(H,19,25)(H,20,21)(H,23,24). The molecule has 0 fully saturated rings. The number of carbonyl (C=O) groups excluding carboxylic acids is 2. The average molecular weight is 381 g/mol. The lowest BCUT2D eigenvalue weighted by atomic mass is 10.0. The molecule has 0 aliphatic rings. The van der Waals surface area contributed by atoms with E-state index in [2.05, 4.69) is 5.32 Å². The van der Waals surface area contributed by atoms with Crippen LogP contribution in [0.25, 0.3) is 0 Å². The second kappa shape index (κ2) is 9.56. The Labute approximate surface area is 156 Å². The Hall–Kier alpha value is -3.10. The SMILES string of the molecule is CC(C)(C)OC(=O)NC(c1ccccc1)C(OC(=O)CCC(=O)O)C(=O)O. The second-order valence-electron chi connectivity index (χ2n) is 6.68. The average Bonchev–Trinajstić information content (AvgIpc) is 2.55. The zero-order chi connectivity index (χ0) is 20.6. The predicted molar refractivity (Wildman–Crippen MR) is 92.9 cm³/mol. The van der Waals surface area contributed by atoms with Gasteiger partial charge in [-0.3, -0.25) is 9.59 Å². The van der Waals surface area contributed by atoms with Crippen LogP contribution in [0, 0.1) is 0 Å². The second-order valence-corrected chi connectivity index (χ2v) is 6.68. The number of rotatable bonds is 8. The molecule has 1 amide bonds. The minimum Gasteiger partial charge on any atom is -0.481 e. The Morgan fingerprint density at radius 1 is 1.04 bits per heavy atom. The summed E-state index contributed by atoms with van der Waals surface area (Å²) in [5, 5.41) is 20.5. The van der Waals surface area contributed by atoms with E-state index in [0.29, 0.717) is 5.56 Å². The van der Waals surface area contributed by atoms with E-state index in [-0.39, 0.29) is 0 Å². The summed E-state index contributed by atoms with van der Waals surface area (Å²) in [7, 11) is 0. The zero-order valence-electron chi connectivity index (χ0n) is 15.3. The summed E-state index contributed by atoms with van der Waals surface area (Å²) in [6, 6.07) is 6.84. The van der Waals surface area contributed by atoms with Crippen molar-refractivity contribution in [3.05, 3.63) is 35.9 Å². The molecule has 1 aromatic rings. The summed E-state index contributed by atoms with van der Waals surface area (Å²) in [4.78, 5) is 46.2. The molecule has 0 heterocycles. The van der Waals surface area contributed by atoms with Gasteiger partial charge < -0.3 is 25.0 Å². The van der Waals surface area contributed by atoms with Crippen LogP contribution in [-0.2, 0) is 23.9 Å². The Morgan fingerprint density at radius 3 is 2.11 bits per heavy atom. The van der Waals surface area contributed by atoms with Crippen molar-refractivity contribution in [3.8, 4) is 0 Å². The monoisotopic (exact) mass is 381 g/mol. The van der Waals surface area contributed by atoms with Crippen molar-refractivity contribution in [2.75, 3.05) is 0 Å². The Bertz CT molecular complexity index is 680. The number of benzene rings is 1. The molecule has 1 aromatic carbocycles. The number of hydrogen-bond donors (Lipinski definition) is 3. The summed E-state index contributed by atoms with van der Waals surface area (Å²) in [6.45, 7) is 4.93. The third-order valence-corrected chi connectivity index (χ3v) is 3.18. The normalized spacial score (nSPS) is 13.1. The fourth-order valence-corrected chi connectivity index (χ4v) is 2.10. The van der Waals surface area contributed by atoms with E-state index >= 15 is 0 Å². The molecule has 0 radical (unpaired) electrons. The number of carboxylic acids is 2. The highest BCUT2D eigenvalue weighted by molar-refractivity contribution is 5.82. The first-order chi connectivity index (χ1) is 12.5. The maximum atomic E-state index is 12.1. The molecule has 2 atom stereocenters. The van der Waals surface area contributed by atoms with E-state index in [4.69, 9.17) is 14.6 Å². The number of amides is 1. The number of alkyl carbamates (subject to hydrolysis) is 1. The molecule has 27 heavy (non-hydrogen) atoms. The van der Waals surface area contributed by atoms with Gasteiger partial charge in [-0.1, -0.05) is 30.3 Å². The fraction of sp³-hybridized carbons (Fsp3) is 0.444. The van der Waals surface area contributed by atoms with Crippen molar-refractivity contribution >= 4 is 24.0 Å². The van der Waals surface area contributed by atoms with Crippen LogP contribution in [0.1, 0.15) is 45.2 Å². The third-order valence-electron chi connectivity index (χ3n) is 3.18. The van der Waals surface area contributed by atoms with Crippen molar-refractivity contribution in [2.45, 2.75) is 51.4 Å². The fourth-order valence-electron chi connectivity index (χ4n) is 2.10. The van der Waals surface area contributed by atoms with Gasteiger partial charge in [0.25, 0.3) is 0 Å². The lowest BCUT2D eigenvalue weighted by molar-refractivity contribution is -0.166. The molecule has 0 saturated heterocycles. The van der Waals surface area contributed by atoms with Gasteiger partial charge in [0.2, 0.25) is 6.10 Å². The molecule has 148 valence electrons. The highest BCUT2D eigenvalue weighted by atomic mass is 16.6. The molecule has 0 saturated carbocycles. The summed E-state index contributed by atoms with van der Waals surface area (Å²) in [5.74, 6) is -3.72. The number of nitrogens with one attached hydrogen (secondary N) is 1. The summed E-state index contributed by atoms with van der Waals surface area (Å²) >= 11 is 0. The zero-order valence-corrected chi connectivity index (χ0v) is 15.3. The van der Waals surface area contributed by atoms with Gasteiger partial charge in [0.05, 0.1) is 12.8 Å². The molecule has 9 nitrogen and oxygen atoms in total. The number of carboxylic acid groups (broad SMARTS) is 2. The van der Waals surface area contributed by atoms with Crippen LogP contribution < -0.4 is 5.32 Å². The molecule has 0 bridgehead atoms. The van der Waals surface area contributed by atoms with E-state index in [9.17, 15) is 24.3 Å². The van der Waals surface area contributed by atoms with Crippen molar-refractivity contribution in [3.63, 3.8) is 0 Å². The molecule has 3 N–H and O–H groups in total. The van der Waals surface area contributed by atoms with Gasteiger partial charge in [0.15, 0.2) is 0 Å². The first-order valence-corrected chi connectivity index (χ1v) is 8.18. The smallest absolute Gasteiger partial charge is 0.408 e. The van der Waals surface area contributed by atoms with Crippen LogP contribution in [0.3, 0.4) is 0 Å². The van der Waals surface area contributed by atoms with E-state index < -0.39 is 54.6 Å². The number of ether oxygens (including phenoxy) is 2. The predicted octanol–water partition coefficient (Wildman–Crippen LogP) is 2.11. The third kappa shape index (κ3) is 8.21. The van der Waals surface area contributed by atoms with Crippen LogP contribution in [0.2, 0.25) is 0 Å². The van der Waals surface area contributed by atoms with E-state index in [0.717, 1.165) is 0 Å². The minimum absolute atomic E-state index is 0.377. The van der Waals surface area contributed by atoms with Crippen LogP contribution in [0.4, 0.5) is 4.79 Å². The largest absolute Gasteiger partial charge is 0.481 e. The molecule has 2 unspecified atom stereocenters. The molecular formula is C18H23NO8. The minimum atomic E-state index is -1.76. The summed E-state index contributed by atoms with van der Waals surface area (Å²) in [6.07, 6.45) is -3.64. The van der Waals surface area contributed by atoms with Crippen molar-refractivity contribution < 1.29 is 38.9 Å². The molecule has 0 spiro atoms. The Morgan fingerprint density at radius 2 is 1.63 bits per heavy atom. The topological polar surface area (TPSA) is 139 Å². The van der Waals surface area contributed by atoms with Crippen LogP contribution in [-0.4, -0.2) is 45.9 Å². The molecule has 9 heteroatoms. The van der Waals surface area contributed by atoms with Gasteiger partial charge in [0.1, 0.15) is 11.6 Å². The number of esters is 1. The van der Waals surface area contributed by atoms with Gasteiger partial charge in [-0.2, -0.15) is 0 Å². The molecule has 1 rings (SSSR count). The van der Waals surface area contributed by atoms with E-state index in [1.807, 2.05) is 0 Å². The number of aliphatic carboxylic acids is 2. The lowest BCUT2D eigenvalue weighted by Gasteiger charge is -2.27. The first kappa shape index (κ1) is 21.9. The molecule has 0 aliphatic carbocycles. The first-order valence-electron chi connectivity index (χ1n) is 8.18. The van der Waals surface area contributed by atoms with Crippen molar-refractivity contribution in [1.29, 1.82) is 0 Å². The van der Waals surface area contributed by atoms with Gasteiger partial charge >= 0.3 is 24.0 Å². The van der Waals surface area contributed by atoms with E-state index in [1.165, 1.54) is 0 Å². The van der Waals surface area contributed by atoms with Crippen molar-refractivity contribution in [2.24, 2.45) is 0 Å². The van der Waals surface area contributed by atoms with Crippen LogP contribution in [0.5, 0.6) is 0 Å². The summed E-state index contributed by atoms with van der Waals surface area (Å²) < 4.78 is 10.1. The van der Waals surface area contributed by atoms with Crippen molar-refractivity contribution in [1.82, 2.24) is 5.32 Å². The maximum absolute atomic E-state index is 12.1. The quantitative estimate of drug-likeness (QED) is 0.582. The van der Waals surface area contributed by atoms with Gasteiger partial charge in [-0.05, 0) is 26.3 Å². The number of hydrogen-bond acceptors (Lipinski definition) is 6. The Balaban J connectivity index is 3.05. The number of carbonyl (C=O) groups is 4. The Kier molecular flexibility index (Phi) is 7.77. The molecular weight excluding hydrogens is 358 g/mol. The highest BCUT2D eigenvalue weighted by Crippen LogP contribution is 2.21. The van der Waals surface area contributed by atoms with Crippen LogP contribution in [0.15, 0.2) is 30.3 Å². The van der Waals surface area contributed by atoms with Crippen LogP contribution >= 0.6 is 0 Å². The highest BCUT2D eigenvalue weighted by Gasteiger charge is 2.35. The van der Waals surface area contributed by atoms with Gasteiger partial charge in [0, 0.05) is 0 Å². The molecule has 0 aromatic heterocycles. The van der Waals surface area contributed by atoms with Gasteiger partial charge in [-0.15, -0.1) is 0 Å². The van der Waals surface area contributed by atoms with E-state index in [1.54, 1.807) is 51.1 Å². The van der Waals surface area contributed by atoms with Gasteiger partial charge in [-0.25, -0.2) is 9.59 Å².